The number of aliphatic carboxylic acids is 2. The number of carbonyl (C=O) groups excluding carboxylic acids is 3. The summed E-state index contributed by atoms with van der Waals surface area (Å²) in [5.41, 5.74) is 5.47. The number of carboxylic acid groups (broad SMARTS) is 2. The molecular formula is C15H26N4O7S. The van der Waals surface area contributed by atoms with Crippen molar-refractivity contribution in [1.82, 2.24) is 16.0 Å². The third-order valence-electron chi connectivity index (χ3n) is 3.40. The molecule has 154 valence electrons. The van der Waals surface area contributed by atoms with E-state index < -0.39 is 60.2 Å². The lowest BCUT2D eigenvalue weighted by molar-refractivity contribution is -0.147. The van der Waals surface area contributed by atoms with E-state index in [1.807, 2.05) is 11.6 Å². The third kappa shape index (κ3) is 9.80. The Morgan fingerprint density at radius 3 is 1.93 bits per heavy atom. The first-order valence-electron chi connectivity index (χ1n) is 8.09. The third-order valence-corrected chi connectivity index (χ3v) is 4.05. The molecule has 0 saturated carbocycles. The number of amides is 3. The summed E-state index contributed by atoms with van der Waals surface area (Å²) in [7, 11) is 0. The molecule has 12 heteroatoms. The second kappa shape index (κ2) is 12.1. The molecule has 4 unspecified atom stereocenters. The minimum absolute atomic E-state index is 0.302. The number of carbonyl (C=O) groups is 5. The Bertz CT molecular complexity index is 570. The molecule has 0 heterocycles. The first-order valence-corrected chi connectivity index (χ1v) is 9.49. The topological polar surface area (TPSA) is 188 Å². The van der Waals surface area contributed by atoms with Crippen LogP contribution in [-0.4, -0.2) is 76.0 Å². The Labute approximate surface area is 160 Å². The van der Waals surface area contributed by atoms with E-state index in [0.717, 1.165) is 0 Å². The molecule has 0 bridgehead atoms. The van der Waals surface area contributed by atoms with Crippen molar-refractivity contribution in [2.75, 3.05) is 12.0 Å². The summed E-state index contributed by atoms with van der Waals surface area (Å²) in [6.07, 6.45) is 1.33. The Morgan fingerprint density at radius 1 is 0.926 bits per heavy atom. The Hall–Kier alpha value is -2.34. The second-order valence-electron chi connectivity index (χ2n) is 5.86. The van der Waals surface area contributed by atoms with Gasteiger partial charge in [-0.3, -0.25) is 19.2 Å². The molecule has 11 nitrogen and oxygen atoms in total. The average molecular weight is 406 g/mol. The number of thioether (sulfide) groups is 1. The lowest BCUT2D eigenvalue weighted by Crippen LogP contribution is -2.56. The lowest BCUT2D eigenvalue weighted by atomic mass is 10.1. The van der Waals surface area contributed by atoms with Crippen LogP contribution in [0.2, 0.25) is 0 Å². The van der Waals surface area contributed by atoms with Gasteiger partial charge in [0.05, 0.1) is 12.5 Å². The number of carboxylic acids is 2. The summed E-state index contributed by atoms with van der Waals surface area (Å²) in [5.74, 6) is -4.36. The first-order chi connectivity index (χ1) is 12.5. The monoisotopic (exact) mass is 406 g/mol. The van der Waals surface area contributed by atoms with Gasteiger partial charge in [-0.05, 0) is 32.3 Å². The van der Waals surface area contributed by atoms with Gasteiger partial charge in [-0.1, -0.05) is 0 Å². The molecule has 3 amide bonds. The van der Waals surface area contributed by atoms with Crippen molar-refractivity contribution in [2.45, 2.75) is 50.9 Å². The minimum Gasteiger partial charge on any atom is -0.481 e. The van der Waals surface area contributed by atoms with E-state index in [1.54, 1.807) is 0 Å². The highest BCUT2D eigenvalue weighted by atomic mass is 32.2. The molecule has 4 atom stereocenters. The number of rotatable bonds is 12. The van der Waals surface area contributed by atoms with Crippen LogP contribution in [-0.2, 0) is 24.0 Å². The zero-order valence-electron chi connectivity index (χ0n) is 15.4. The fourth-order valence-corrected chi connectivity index (χ4v) is 2.33. The summed E-state index contributed by atoms with van der Waals surface area (Å²) in [4.78, 5) is 57.8. The van der Waals surface area contributed by atoms with Gasteiger partial charge >= 0.3 is 11.9 Å². The van der Waals surface area contributed by atoms with Crippen molar-refractivity contribution in [2.24, 2.45) is 5.73 Å². The Morgan fingerprint density at radius 2 is 1.48 bits per heavy atom. The fraction of sp³-hybridized carbons (Fsp3) is 0.667. The van der Waals surface area contributed by atoms with Crippen LogP contribution in [0.25, 0.3) is 0 Å². The van der Waals surface area contributed by atoms with E-state index in [-0.39, 0.29) is 0 Å². The van der Waals surface area contributed by atoms with Crippen molar-refractivity contribution >= 4 is 41.4 Å². The van der Waals surface area contributed by atoms with Crippen molar-refractivity contribution in [3.05, 3.63) is 0 Å². The van der Waals surface area contributed by atoms with Crippen LogP contribution in [0, 0.1) is 0 Å². The molecule has 7 N–H and O–H groups in total. The summed E-state index contributed by atoms with van der Waals surface area (Å²) in [6, 6.07) is -4.50. The van der Waals surface area contributed by atoms with E-state index in [4.69, 9.17) is 15.9 Å². The molecule has 0 saturated heterocycles. The average Bonchev–Trinajstić information content (AvgIpc) is 2.56. The number of hydrogen-bond acceptors (Lipinski definition) is 7. The normalized spacial score (nSPS) is 15.0. The predicted octanol–water partition coefficient (Wildman–Crippen LogP) is -1.88. The van der Waals surface area contributed by atoms with E-state index in [0.29, 0.717) is 12.2 Å². The van der Waals surface area contributed by atoms with Crippen LogP contribution in [0.5, 0.6) is 0 Å². The maximum atomic E-state index is 12.4. The van der Waals surface area contributed by atoms with Gasteiger partial charge in [-0.25, -0.2) is 4.79 Å². The van der Waals surface area contributed by atoms with E-state index >= 15 is 0 Å². The van der Waals surface area contributed by atoms with Gasteiger partial charge in [0, 0.05) is 0 Å². The van der Waals surface area contributed by atoms with Gasteiger partial charge in [-0.2, -0.15) is 11.8 Å². The van der Waals surface area contributed by atoms with Crippen LogP contribution in [0.1, 0.15) is 26.7 Å². The van der Waals surface area contributed by atoms with Gasteiger partial charge in [-0.15, -0.1) is 0 Å². The highest BCUT2D eigenvalue weighted by Crippen LogP contribution is 2.03. The van der Waals surface area contributed by atoms with Crippen LogP contribution in [0.4, 0.5) is 0 Å². The number of nitrogens with two attached hydrogens (primary N) is 1. The van der Waals surface area contributed by atoms with Crippen LogP contribution in [0.15, 0.2) is 0 Å². The van der Waals surface area contributed by atoms with E-state index in [9.17, 15) is 24.0 Å². The van der Waals surface area contributed by atoms with Gasteiger partial charge in [0.25, 0.3) is 0 Å². The molecule has 0 aliphatic carbocycles. The van der Waals surface area contributed by atoms with E-state index in [1.165, 1.54) is 25.6 Å². The summed E-state index contributed by atoms with van der Waals surface area (Å²) in [6.45, 7) is 2.77. The summed E-state index contributed by atoms with van der Waals surface area (Å²) >= 11 is 1.46. The van der Waals surface area contributed by atoms with Crippen LogP contribution in [0.3, 0.4) is 0 Å². The molecule has 0 aromatic heterocycles. The van der Waals surface area contributed by atoms with Gasteiger partial charge in [0.15, 0.2) is 0 Å². The zero-order valence-corrected chi connectivity index (χ0v) is 16.2. The largest absolute Gasteiger partial charge is 0.481 e. The Balaban J connectivity index is 4.92. The van der Waals surface area contributed by atoms with Gasteiger partial charge in [0.1, 0.15) is 18.1 Å². The highest BCUT2D eigenvalue weighted by Gasteiger charge is 2.28. The van der Waals surface area contributed by atoms with Crippen LogP contribution >= 0.6 is 11.8 Å². The summed E-state index contributed by atoms with van der Waals surface area (Å²) < 4.78 is 0. The lowest BCUT2D eigenvalue weighted by Gasteiger charge is -2.22. The Kier molecular flexibility index (Phi) is 11.1. The molecule has 0 rings (SSSR count). The molecule has 0 fully saturated rings. The van der Waals surface area contributed by atoms with Gasteiger partial charge in [0.2, 0.25) is 17.7 Å². The van der Waals surface area contributed by atoms with Crippen molar-refractivity contribution in [3.8, 4) is 0 Å². The zero-order chi connectivity index (χ0) is 21.1. The molecule has 0 aromatic rings. The van der Waals surface area contributed by atoms with Crippen LogP contribution < -0.4 is 21.7 Å². The molecule has 0 aromatic carbocycles. The molecule has 27 heavy (non-hydrogen) atoms. The molecule has 0 aliphatic heterocycles. The SMILES string of the molecule is CSCCC(NC(=O)C(C)N)C(=O)NC(C)C(=O)NC(CC(=O)O)C(=O)O. The van der Waals surface area contributed by atoms with Gasteiger partial charge < -0.3 is 31.9 Å². The number of nitrogens with one attached hydrogen (secondary N) is 3. The minimum atomic E-state index is -1.63. The van der Waals surface area contributed by atoms with Crippen molar-refractivity contribution < 1.29 is 34.2 Å². The van der Waals surface area contributed by atoms with E-state index in [2.05, 4.69) is 10.6 Å². The molecule has 0 aliphatic rings. The maximum Gasteiger partial charge on any atom is 0.326 e. The maximum absolute atomic E-state index is 12.4. The molecular weight excluding hydrogens is 380 g/mol. The highest BCUT2D eigenvalue weighted by molar-refractivity contribution is 7.98. The molecule has 0 spiro atoms. The van der Waals surface area contributed by atoms with Crippen molar-refractivity contribution in [1.29, 1.82) is 0 Å². The smallest absolute Gasteiger partial charge is 0.326 e. The second-order valence-corrected chi connectivity index (χ2v) is 6.84. The quantitative estimate of drug-likeness (QED) is 0.215. The van der Waals surface area contributed by atoms with Crippen molar-refractivity contribution in [3.63, 3.8) is 0 Å². The molecule has 0 radical (unpaired) electrons. The standard InChI is InChI=1S/C15H26N4O7S/c1-7(16)12(22)18-9(4-5-27-3)14(24)17-8(2)13(23)19-10(15(25)26)6-11(20)21/h7-10H,4-6,16H2,1-3H3,(H,17,24)(H,18,22)(H,19,23)(H,20,21)(H,25,26). The summed E-state index contributed by atoms with van der Waals surface area (Å²) in [5, 5.41) is 24.5. The first kappa shape index (κ1) is 24.7. The number of hydrogen-bond donors (Lipinski definition) is 6. The predicted molar refractivity (Wildman–Crippen MR) is 98.0 cm³/mol. The fourth-order valence-electron chi connectivity index (χ4n) is 1.86.